The molecule has 5 heteroatoms. The molecular weight excluding hydrogens is 296 g/mol. The van der Waals surface area contributed by atoms with Crippen LogP contribution in [0.2, 0.25) is 5.02 Å². The second kappa shape index (κ2) is 7.38. The van der Waals surface area contributed by atoms with Crippen LogP contribution in [0.1, 0.15) is 11.1 Å². The quantitative estimate of drug-likeness (QED) is 0.813. The Morgan fingerprint density at radius 1 is 1.09 bits per heavy atom. The highest BCUT2D eigenvalue weighted by Gasteiger charge is 2.16. The molecule has 2 aromatic rings. The van der Waals surface area contributed by atoms with Gasteiger partial charge in [-0.15, -0.1) is 0 Å². The van der Waals surface area contributed by atoms with Crippen LogP contribution in [0.25, 0.3) is 0 Å². The Morgan fingerprint density at radius 3 is 2.64 bits per heavy atom. The van der Waals surface area contributed by atoms with Crippen LogP contribution in [0, 0.1) is 0 Å². The summed E-state index contributed by atoms with van der Waals surface area (Å²) < 4.78 is 0. The molecule has 0 saturated carbocycles. The Morgan fingerprint density at radius 2 is 1.91 bits per heavy atom. The number of hydrogen-bond donors (Lipinski definition) is 0. The molecule has 1 aliphatic rings. The first-order valence-electron chi connectivity index (χ1n) is 7.46. The van der Waals surface area contributed by atoms with Gasteiger partial charge >= 0.3 is 0 Å². The second-order valence-corrected chi connectivity index (χ2v) is 5.76. The number of rotatable bonds is 4. The monoisotopic (exact) mass is 314 g/mol. The Bertz CT molecular complexity index is 622. The zero-order valence-corrected chi connectivity index (χ0v) is 13.2. The number of pyridine rings is 1. The first-order chi connectivity index (χ1) is 10.8. The average Bonchev–Trinajstić information content (AvgIpc) is 2.57. The van der Waals surface area contributed by atoms with Gasteiger partial charge in [-0.25, -0.2) is 0 Å². The Kier molecular flexibility index (Phi) is 5.03. The fourth-order valence-electron chi connectivity index (χ4n) is 2.48. The van der Waals surface area contributed by atoms with Crippen molar-refractivity contribution in [1.82, 2.24) is 14.9 Å². The van der Waals surface area contributed by atoms with Crippen molar-refractivity contribution in [2.24, 2.45) is 5.10 Å². The van der Waals surface area contributed by atoms with Crippen LogP contribution < -0.4 is 0 Å². The van der Waals surface area contributed by atoms with E-state index >= 15 is 0 Å². The van der Waals surface area contributed by atoms with E-state index in [0.717, 1.165) is 43.3 Å². The lowest BCUT2D eigenvalue weighted by atomic mass is 10.2. The van der Waals surface area contributed by atoms with E-state index in [-0.39, 0.29) is 0 Å². The highest BCUT2D eigenvalue weighted by atomic mass is 35.5. The summed E-state index contributed by atoms with van der Waals surface area (Å²) in [7, 11) is 0. The molecule has 3 rings (SSSR count). The number of hydrogen-bond acceptors (Lipinski definition) is 4. The minimum Gasteiger partial charge on any atom is -0.295 e. The molecule has 1 fully saturated rings. The summed E-state index contributed by atoms with van der Waals surface area (Å²) in [5.74, 6) is 0. The van der Waals surface area contributed by atoms with Crippen LogP contribution in [0.5, 0.6) is 0 Å². The van der Waals surface area contributed by atoms with Crippen LogP contribution in [-0.2, 0) is 6.54 Å². The number of aromatic nitrogens is 1. The summed E-state index contributed by atoms with van der Waals surface area (Å²) in [6.45, 7) is 4.76. The van der Waals surface area contributed by atoms with Crippen molar-refractivity contribution < 1.29 is 0 Å². The summed E-state index contributed by atoms with van der Waals surface area (Å²) in [4.78, 5) is 6.50. The third-order valence-corrected chi connectivity index (χ3v) is 4.12. The highest BCUT2D eigenvalue weighted by Crippen LogP contribution is 2.17. The van der Waals surface area contributed by atoms with Gasteiger partial charge in [-0.05, 0) is 17.7 Å². The average molecular weight is 315 g/mol. The maximum absolute atomic E-state index is 6.22. The van der Waals surface area contributed by atoms with Gasteiger partial charge in [0.2, 0.25) is 0 Å². The van der Waals surface area contributed by atoms with E-state index in [4.69, 9.17) is 11.6 Å². The van der Waals surface area contributed by atoms with Crippen molar-refractivity contribution in [2.75, 3.05) is 26.2 Å². The molecule has 4 nitrogen and oxygen atoms in total. The number of nitrogens with zero attached hydrogens (tertiary/aromatic N) is 4. The molecule has 0 atom stereocenters. The van der Waals surface area contributed by atoms with E-state index in [2.05, 4.69) is 26.1 Å². The molecule has 0 N–H and O–H groups in total. The van der Waals surface area contributed by atoms with Crippen molar-refractivity contribution in [3.63, 3.8) is 0 Å². The van der Waals surface area contributed by atoms with Gasteiger partial charge in [-0.2, -0.15) is 5.10 Å². The van der Waals surface area contributed by atoms with Gasteiger partial charge in [0.1, 0.15) is 0 Å². The molecule has 0 unspecified atom stereocenters. The van der Waals surface area contributed by atoms with Crippen LogP contribution in [0.4, 0.5) is 0 Å². The number of benzene rings is 1. The fourth-order valence-corrected chi connectivity index (χ4v) is 2.67. The summed E-state index contributed by atoms with van der Waals surface area (Å²) in [5, 5.41) is 7.48. The Labute approximate surface area is 136 Å². The zero-order chi connectivity index (χ0) is 15.2. The van der Waals surface area contributed by atoms with Crippen LogP contribution in [0.3, 0.4) is 0 Å². The van der Waals surface area contributed by atoms with Crippen LogP contribution in [0.15, 0.2) is 53.9 Å². The largest absolute Gasteiger partial charge is 0.295 e. The predicted molar refractivity (Wildman–Crippen MR) is 90.1 cm³/mol. The van der Waals surface area contributed by atoms with Gasteiger partial charge in [0, 0.05) is 55.7 Å². The lowest BCUT2D eigenvalue weighted by Gasteiger charge is -2.33. The van der Waals surface area contributed by atoms with Crippen LogP contribution >= 0.6 is 11.6 Å². The van der Waals surface area contributed by atoms with Crippen molar-refractivity contribution in [3.05, 3.63) is 64.9 Å². The topological polar surface area (TPSA) is 31.7 Å². The molecule has 0 spiro atoms. The smallest absolute Gasteiger partial charge is 0.0558 e. The number of piperazine rings is 1. The Balaban J connectivity index is 1.50. The van der Waals surface area contributed by atoms with E-state index in [1.54, 1.807) is 6.20 Å². The minimum atomic E-state index is 0.847. The molecule has 22 heavy (non-hydrogen) atoms. The fraction of sp³-hybridized carbons (Fsp3) is 0.294. The normalized spacial score (nSPS) is 16.3. The van der Waals surface area contributed by atoms with Gasteiger partial charge in [-0.1, -0.05) is 35.9 Å². The van der Waals surface area contributed by atoms with E-state index in [0.29, 0.717) is 0 Å². The van der Waals surface area contributed by atoms with Crippen molar-refractivity contribution in [3.8, 4) is 0 Å². The molecule has 0 amide bonds. The molecule has 1 aliphatic heterocycles. The Hall–Kier alpha value is -1.91. The SMILES string of the molecule is Clc1ccccc1CN1CCN(/N=C/c2cccnc2)CC1. The first kappa shape index (κ1) is 15.0. The lowest BCUT2D eigenvalue weighted by molar-refractivity contribution is 0.131. The van der Waals surface area contributed by atoms with Gasteiger partial charge in [0.25, 0.3) is 0 Å². The van der Waals surface area contributed by atoms with Crippen molar-refractivity contribution in [2.45, 2.75) is 6.54 Å². The maximum atomic E-state index is 6.22. The zero-order valence-electron chi connectivity index (χ0n) is 12.4. The van der Waals surface area contributed by atoms with Crippen molar-refractivity contribution >= 4 is 17.8 Å². The minimum absolute atomic E-state index is 0.847. The van der Waals surface area contributed by atoms with Crippen LogP contribution in [-0.4, -0.2) is 47.3 Å². The van der Waals surface area contributed by atoms with Gasteiger partial charge < -0.3 is 0 Å². The molecule has 1 saturated heterocycles. The van der Waals surface area contributed by atoms with E-state index in [1.165, 1.54) is 5.56 Å². The summed E-state index contributed by atoms with van der Waals surface area (Å²) in [6.07, 6.45) is 5.46. The van der Waals surface area contributed by atoms with Gasteiger partial charge in [-0.3, -0.25) is 14.9 Å². The molecule has 2 heterocycles. The lowest BCUT2D eigenvalue weighted by Crippen LogP contribution is -2.43. The molecule has 0 radical (unpaired) electrons. The number of halogens is 1. The third-order valence-electron chi connectivity index (χ3n) is 3.75. The molecule has 0 aliphatic carbocycles. The molecule has 1 aromatic carbocycles. The standard InChI is InChI=1S/C17H19ClN4/c18-17-6-2-1-5-16(17)14-21-8-10-22(11-9-21)20-13-15-4-3-7-19-12-15/h1-7,12-13H,8-11,14H2/b20-13+. The maximum Gasteiger partial charge on any atom is 0.0558 e. The third kappa shape index (κ3) is 4.06. The van der Waals surface area contributed by atoms with E-state index < -0.39 is 0 Å². The highest BCUT2D eigenvalue weighted by molar-refractivity contribution is 6.31. The van der Waals surface area contributed by atoms with Gasteiger partial charge in [0.05, 0.1) is 6.21 Å². The summed E-state index contributed by atoms with van der Waals surface area (Å²) in [6, 6.07) is 12.0. The summed E-state index contributed by atoms with van der Waals surface area (Å²) in [5.41, 5.74) is 2.22. The predicted octanol–water partition coefficient (Wildman–Crippen LogP) is 2.89. The van der Waals surface area contributed by atoms with E-state index in [1.807, 2.05) is 42.7 Å². The number of hydrazone groups is 1. The molecule has 1 aromatic heterocycles. The van der Waals surface area contributed by atoms with E-state index in [9.17, 15) is 0 Å². The van der Waals surface area contributed by atoms with Crippen molar-refractivity contribution in [1.29, 1.82) is 0 Å². The van der Waals surface area contributed by atoms with Gasteiger partial charge in [0.15, 0.2) is 0 Å². The second-order valence-electron chi connectivity index (χ2n) is 5.35. The molecule has 114 valence electrons. The first-order valence-corrected chi connectivity index (χ1v) is 7.84. The summed E-state index contributed by atoms with van der Waals surface area (Å²) >= 11 is 6.22. The molecule has 0 bridgehead atoms. The molecular formula is C17H19ClN4.